The monoisotopic (exact) mass is 452 g/mol. The minimum atomic E-state index is 0.0122. The van der Waals surface area contributed by atoms with E-state index in [4.69, 9.17) is 4.74 Å². The van der Waals surface area contributed by atoms with Crippen molar-refractivity contribution in [2.75, 3.05) is 6.61 Å². The normalized spacial score (nSPS) is 11.0. The Morgan fingerprint density at radius 1 is 0.765 bits per heavy atom. The van der Waals surface area contributed by atoms with Crippen molar-refractivity contribution in [1.29, 1.82) is 0 Å². The summed E-state index contributed by atoms with van der Waals surface area (Å²) in [5.74, 6) is 0.891. The number of ketones is 1. The second-order valence-corrected chi connectivity index (χ2v) is 8.83. The number of hydrogen-bond donors (Lipinski definition) is 0. The Bertz CT molecular complexity index is 1040. The van der Waals surface area contributed by atoms with Crippen LogP contribution in [0.25, 0.3) is 11.6 Å². The van der Waals surface area contributed by atoms with Crippen LogP contribution in [0.3, 0.4) is 0 Å². The molecule has 0 atom stereocenters. The van der Waals surface area contributed by atoms with Gasteiger partial charge in [-0.1, -0.05) is 111 Å². The van der Waals surface area contributed by atoms with Gasteiger partial charge in [-0.15, -0.1) is 0 Å². The first-order valence-corrected chi connectivity index (χ1v) is 12.4. The predicted octanol–water partition coefficient (Wildman–Crippen LogP) is 8.58. The number of allylic oxidation sites excluding steroid dienone is 2. The van der Waals surface area contributed by atoms with Crippen molar-refractivity contribution >= 4 is 17.4 Å². The zero-order chi connectivity index (χ0) is 24.0. The van der Waals surface area contributed by atoms with E-state index in [1.54, 1.807) is 6.08 Å². The van der Waals surface area contributed by atoms with Crippen LogP contribution in [0.1, 0.15) is 72.5 Å². The van der Waals surface area contributed by atoms with Gasteiger partial charge < -0.3 is 4.74 Å². The molecule has 0 aliphatic heterocycles. The van der Waals surface area contributed by atoms with Crippen LogP contribution in [-0.2, 0) is 6.42 Å². The molecule has 0 unspecified atom stereocenters. The van der Waals surface area contributed by atoms with E-state index >= 15 is 0 Å². The van der Waals surface area contributed by atoms with Crippen LogP contribution in [0.2, 0.25) is 0 Å². The number of rotatable bonds is 14. The summed E-state index contributed by atoms with van der Waals surface area (Å²) in [4.78, 5) is 12.2. The molecule has 0 aromatic heterocycles. The molecule has 3 aromatic carbocycles. The van der Waals surface area contributed by atoms with Crippen LogP contribution >= 0.6 is 0 Å². The molecule has 3 rings (SSSR count). The highest BCUT2D eigenvalue weighted by Crippen LogP contribution is 2.16. The van der Waals surface area contributed by atoms with E-state index in [0.717, 1.165) is 36.3 Å². The van der Waals surface area contributed by atoms with Crippen molar-refractivity contribution in [2.24, 2.45) is 0 Å². The van der Waals surface area contributed by atoms with Gasteiger partial charge in [-0.2, -0.15) is 0 Å². The number of carbonyl (C=O) groups is 1. The molecule has 0 fully saturated rings. The third-order valence-electron chi connectivity index (χ3n) is 5.94. The summed E-state index contributed by atoms with van der Waals surface area (Å²) in [5.41, 5.74) is 5.46. The van der Waals surface area contributed by atoms with Crippen LogP contribution in [0.15, 0.2) is 91.5 Å². The highest BCUT2D eigenvalue weighted by atomic mass is 16.5. The summed E-state index contributed by atoms with van der Waals surface area (Å²) in [7, 11) is 0. The van der Waals surface area contributed by atoms with Gasteiger partial charge in [-0.25, -0.2) is 0 Å². The quantitative estimate of drug-likeness (QED) is 0.139. The lowest BCUT2D eigenvalue weighted by atomic mass is 10.0. The van der Waals surface area contributed by atoms with Crippen LogP contribution in [0.5, 0.6) is 5.75 Å². The summed E-state index contributed by atoms with van der Waals surface area (Å²) in [6.45, 7) is 6.79. The highest BCUT2D eigenvalue weighted by Gasteiger charge is 2.00. The lowest BCUT2D eigenvalue weighted by Gasteiger charge is -2.07. The average molecular weight is 453 g/mol. The van der Waals surface area contributed by atoms with Crippen molar-refractivity contribution in [3.8, 4) is 5.75 Å². The topological polar surface area (TPSA) is 26.3 Å². The van der Waals surface area contributed by atoms with E-state index in [2.05, 4.69) is 30.8 Å². The first-order chi connectivity index (χ1) is 16.6. The van der Waals surface area contributed by atoms with E-state index in [0.29, 0.717) is 5.56 Å². The molecule has 0 spiro atoms. The molecule has 2 heteroatoms. The number of carbonyl (C=O) groups excluding carboxylic acids is 1. The average Bonchev–Trinajstić information content (AvgIpc) is 2.87. The van der Waals surface area contributed by atoms with Crippen molar-refractivity contribution in [1.82, 2.24) is 0 Å². The minimum Gasteiger partial charge on any atom is -0.494 e. The Labute approximate surface area is 205 Å². The number of benzene rings is 3. The predicted molar refractivity (Wildman–Crippen MR) is 144 cm³/mol. The molecule has 176 valence electrons. The van der Waals surface area contributed by atoms with Crippen LogP contribution < -0.4 is 4.74 Å². The van der Waals surface area contributed by atoms with E-state index < -0.39 is 0 Å². The fraction of sp³-hybridized carbons (Fsp3) is 0.281. The van der Waals surface area contributed by atoms with Gasteiger partial charge in [-0.05, 0) is 61.1 Å². The molecular weight excluding hydrogens is 416 g/mol. The lowest BCUT2D eigenvalue weighted by molar-refractivity contribution is 0.104. The van der Waals surface area contributed by atoms with E-state index in [1.165, 1.54) is 43.2 Å². The van der Waals surface area contributed by atoms with E-state index in [-0.39, 0.29) is 5.78 Å². The first-order valence-electron chi connectivity index (χ1n) is 12.4. The summed E-state index contributed by atoms with van der Waals surface area (Å²) < 4.78 is 5.87. The van der Waals surface area contributed by atoms with Gasteiger partial charge >= 0.3 is 0 Å². The molecule has 0 bridgehead atoms. The molecule has 0 aliphatic carbocycles. The lowest BCUT2D eigenvalue weighted by Crippen LogP contribution is -1.97. The number of ether oxygens (including phenoxy) is 1. The summed E-state index contributed by atoms with van der Waals surface area (Å²) >= 11 is 0. The van der Waals surface area contributed by atoms with Crippen molar-refractivity contribution in [2.45, 2.75) is 51.9 Å². The standard InChI is InChI=1S/C32H36O2/c1-26(2)29-20-15-27(16-21-29)12-8-5-3-4-6-11-25-34-31-22-17-28(18-23-31)19-24-32(33)30-13-9-7-10-14-30/h7,9-10,13-24H,1,3-6,8,11-12,25H2,2H3. The summed E-state index contributed by atoms with van der Waals surface area (Å²) in [6.07, 6.45) is 12.0. The minimum absolute atomic E-state index is 0.0122. The Hall–Kier alpha value is -3.39. The molecule has 2 nitrogen and oxygen atoms in total. The Kier molecular flexibility index (Phi) is 10.4. The molecule has 0 saturated carbocycles. The third kappa shape index (κ3) is 8.86. The van der Waals surface area contributed by atoms with Gasteiger partial charge in [0.2, 0.25) is 0 Å². The Balaban J connectivity index is 1.24. The maximum atomic E-state index is 12.2. The fourth-order valence-corrected chi connectivity index (χ4v) is 3.83. The van der Waals surface area contributed by atoms with E-state index in [1.807, 2.05) is 67.6 Å². The van der Waals surface area contributed by atoms with Gasteiger partial charge in [0.1, 0.15) is 5.75 Å². The van der Waals surface area contributed by atoms with E-state index in [9.17, 15) is 4.79 Å². The highest BCUT2D eigenvalue weighted by molar-refractivity contribution is 6.06. The van der Waals surface area contributed by atoms with Crippen LogP contribution in [0.4, 0.5) is 0 Å². The number of hydrogen-bond acceptors (Lipinski definition) is 2. The smallest absolute Gasteiger partial charge is 0.185 e. The Morgan fingerprint density at radius 3 is 2.09 bits per heavy atom. The second kappa shape index (κ2) is 14.0. The molecule has 0 aliphatic rings. The first kappa shape index (κ1) is 25.2. The van der Waals surface area contributed by atoms with Gasteiger partial charge in [-0.3, -0.25) is 4.79 Å². The van der Waals surface area contributed by atoms with Crippen molar-refractivity contribution < 1.29 is 9.53 Å². The number of aryl methyl sites for hydroxylation is 1. The number of unbranched alkanes of at least 4 members (excludes halogenated alkanes) is 5. The molecule has 34 heavy (non-hydrogen) atoms. The molecule has 0 heterocycles. The van der Waals surface area contributed by atoms with Crippen molar-refractivity contribution in [3.63, 3.8) is 0 Å². The molecular formula is C32H36O2. The second-order valence-electron chi connectivity index (χ2n) is 8.83. The largest absolute Gasteiger partial charge is 0.494 e. The SMILES string of the molecule is C=C(C)c1ccc(CCCCCCCCOc2ccc(C=CC(=O)c3ccccc3)cc2)cc1. The van der Waals surface area contributed by atoms with Crippen molar-refractivity contribution in [3.05, 3.63) is 114 Å². The van der Waals surface area contributed by atoms with Gasteiger partial charge in [0, 0.05) is 5.56 Å². The van der Waals surface area contributed by atoms with Crippen LogP contribution in [-0.4, -0.2) is 12.4 Å². The van der Waals surface area contributed by atoms with Gasteiger partial charge in [0.25, 0.3) is 0 Å². The summed E-state index contributed by atoms with van der Waals surface area (Å²) in [6, 6.07) is 26.0. The zero-order valence-corrected chi connectivity index (χ0v) is 20.3. The molecule has 0 amide bonds. The molecule has 0 saturated heterocycles. The maximum Gasteiger partial charge on any atom is 0.185 e. The fourth-order valence-electron chi connectivity index (χ4n) is 3.83. The maximum absolute atomic E-state index is 12.2. The summed E-state index contributed by atoms with van der Waals surface area (Å²) in [5, 5.41) is 0. The van der Waals surface area contributed by atoms with Gasteiger partial charge in [0.05, 0.1) is 6.61 Å². The Morgan fingerprint density at radius 2 is 1.41 bits per heavy atom. The molecule has 0 radical (unpaired) electrons. The zero-order valence-electron chi connectivity index (χ0n) is 20.3. The molecule has 3 aromatic rings. The third-order valence-corrected chi connectivity index (χ3v) is 5.94. The molecule has 0 N–H and O–H groups in total. The van der Waals surface area contributed by atoms with Gasteiger partial charge in [0.15, 0.2) is 5.78 Å². The van der Waals surface area contributed by atoms with Crippen LogP contribution in [0, 0.1) is 0 Å².